The molecule has 0 aliphatic carbocycles. The van der Waals surface area contributed by atoms with E-state index in [1.807, 2.05) is 41.1 Å². The van der Waals surface area contributed by atoms with Crippen LogP contribution in [0.4, 0.5) is 5.69 Å². The number of aromatic nitrogens is 4. The van der Waals surface area contributed by atoms with Crippen molar-refractivity contribution in [2.45, 2.75) is 25.3 Å². The van der Waals surface area contributed by atoms with Gasteiger partial charge in [-0.05, 0) is 67.7 Å². The predicted molar refractivity (Wildman–Crippen MR) is 103 cm³/mol. The van der Waals surface area contributed by atoms with Gasteiger partial charge in [-0.3, -0.25) is 9.78 Å². The van der Waals surface area contributed by atoms with E-state index in [2.05, 4.69) is 25.9 Å². The minimum atomic E-state index is -0.239. The summed E-state index contributed by atoms with van der Waals surface area (Å²) in [5.41, 5.74) is 3.47. The second-order valence-corrected chi connectivity index (χ2v) is 6.75. The Hall–Kier alpha value is -3.06. The molecule has 3 aromatic rings. The van der Waals surface area contributed by atoms with Crippen LogP contribution in [-0.2, 0) is 6.42 Å². The Bertz CT molecular complexity index is 884. The number of carbonyl (C=O) groups is 1. The molecule has 4 rings (SSSR count). The highest BCUT2D eigenvalue weighted by molar-refractivity contribution is 6.02. The van der Waals surface area contributed by atoms with Gasteiger partial charge >= 0.3 is 0 Å². The number of anilines is 1. The minimum absolute atomic E-state index is 0.239. The fourth-order valence-corrected chi connectivity index (χ4v) is 3.27. The molecule has 1 aromatic carbocycles. The molecule has 1 amide bonds. The van der Waals surface area contributed by atoms with Crippen LogP contribution in [0.1, 0.15) is 40.5 Å². The van der Waals surface area contributed by atoms with Gasteiger partial charge in [0, 0.05) is 18.1 Å². The molecule has 0 radical (unpaired) electrons. The summed E-state index contributed by atoms with van der Waals surface area (Å²) < 4.78 is 1.81. The summed E-state index contributed by atoms with van der Waals surface area (Å²) in [6, 6.07) is 12.2. The summed E-state index contributed by atoms with van der Waals surface area (Å²) in [6.45, 7) is 1.94. The van der Waals surface area contributed by atoms with Crippen LogP contribution in [0.3, 0.4) is 0 Å². The molecule has 2 aromatic heterocycles. The molecule has 1 saturated heterocycles. The second-order valence-electron chi connectivity index (χ2n) is 6.75. The third kappa shape index (κ3) is 4.38. The number of amides is 1. The molecule has 3 heterocycles. The number of nitrogens with zero attached hydrogens (tertiary/aromatic N) is 4. The van der Waals surface area contributed by atoms with Gasteiger partial charge in [-0.15, -0.1) is 5.10 Å². The summed E-state index contributed by atoms with van der Waals surface area (Å²) >= 11 is 0. The van der Waals surface area contributed by atoms with Crippen LogP contribution in [0.5, 0.6) is 0 Å². The lowest BCUT2D eigenvalue weighted by atomic mass is 10.1. The number of rotatable bonds is 5. The molecule has 7 heteroatoms. The average molecular weight is 362 g/mol. The summed E-state index contributed by atoms with van der Waals surface area (Å²) in [6.07, 6.45) is 8.17. The van der Waals surface area contributed by atoms with Gasteiger partial charge in [0.1, 0.15) is 0 Å². The average Bonchev–Trinajstić information content (AvgIpc) is 3.21. The third-order valence-electron chi connectivity index (χ3n) is 4.80. The quantitative estimate of drug-likeness (QED) is 0.728. The highest BCUT2D eigenvalue weighted by Crippen LogP contribution is 2.18. The summed E-state index contributed by atoms with van der Waals surface area (Å²) in [5, 5.41) is 14.4. The van der Waals surface area contributed by atoms with Crippen LogP contribution in [0.2, 0.25) is 0 Å². The molecule has 1 aliphatic rings. The van der Waals surface area contributed by atoms with Gasteiger partial charge in [-0.1, -0.05) is 17.3 Å². The fourth-order valence-electron chi connectivity index (χ4n) is 3.27. The van der Waals surface area contributed by atoms with E-state index in [0.717, 1.165) is 38.0 Å². The predicted octanol–water partition coefficient (Wildman–Crippen LogP) is 2.44. The molecule has 0 saturated carbocycles. The van der Waals surface area contributed by atoms with Crippen molar-refractivity contribution >= 4 is 11.6 Å². The first-order valence-electron chi connectivity index (χ1n) is 9.20. The number of piperidine rings is 1. The van der Waals surface area contributed by atoms with E-state index >= 15 is 0 Å². The van der Waals surface area contributed by atoms with Gasteiger partial charge in [0.25, 0.3) is 5.91 Å². The molecular formula is C20H22N6O. The van der Waals surface area contributed by atoms with Gasteiger partial charge in [0.15, 0.2) is 5.69 Å². The first-order valence-corrected chi connectivity index (χ1v) is 9.20. The fraction of sp³-hybridized carbons (Fsp3) is 0.300. The number of pyridine rings is 1. The first-order chi connectivity index (χ1) is 13.3. The number of carbonyl (C=O) groups excluding carboxylic acids is 1. The molecule has 0 atom stereocenters. The van der Waals surface area contributed by atoms with Crippen LogP contribution in [0.15, 0.2) is 55.0 Å². The maximum absolute atomic E-state index is 12.4. The summed E-state index contributed by atoms with van der Waals surface area (Å²) in [7, 11) is 0. The van der Waals surface area contributed by atoms with Gasteiger partial charge in [-0.25, -0.2) is 4.68 Å². The lowest BCUT2D eigenvalue weighted by molar-refractivity contribution is 0.102. The van der Waals surface area contributed by atoms with Gasteiger partial charge in [0.05, 0.1) is 12.2 Å². The van der Waals surface area contributed by atoms with Crippen molar-refractivity contribution in [3.63, 3.8) is 0 Å². The molecule has 1 fully saturated rings. The Morgan fingerprint density at radius 2 is 1.78 bits per heavy atom. The maximum atomic E-state index is 12.4. The smallest absolute Gasteiger partial charge is 0.277 e. The van der Waals surface area contributed by atoms with E-state index in [9.17, 15) is 4.79 Å². The van der Waals surface area contributed by atoms with Crippen molar-refractivity contribution in [1.82, 2.24) is 25.3 Å². The molecule has 0 spiro atoms. The normalized spacial score (nSPS) is 14.8. The topological polar surface area (TPSA) is 84.7 Å². The maximum Gasteiger partial charge on any atom is 0.277 e. The molecule has 0 unspecified atom stereocenters. The van der Waals surface area contributed by atoms with Crippen LogP contribution in [0.25, 0.3) is 0 Å². The van der Waals surface area contributed by atoms with Crippen LogP contribution < -0.4 is 10.6 Å². The SMILES string of the molecule is O=C(Nc1ccc(Cc2ccncc2)cc1)c1cn(C2CCNCC2)nn1. The largest absolute Gasteiger partial charge is 0.321 e. The van der Waals surface area contributed by atoms with E-state index in [4.69, 9.17) is 0 Å². The van der Waals surface area contributed by atoms with Gasteiger partial charge in [0.2, 0.25) is 0 Å². The Labute approximate surface area is 157 Å². The number of nitrogens with one attached hydrogen (secondary N) is 2. The Kier molecular flexibility index (Phi) is 5.20. The van der Waals surface area contributed by atoms with Gasteiger partial charge in [-0.2, -0.15) is 0 Å². The molecular weight excluding hydrogens is 340 g/mol. The van der Waals surface area contributed by atoms with E-state index in [-0.39, 0.29) is 5.91 Å². The zero-order chi connectivity index (χ0) is 18.5. The molecule has 2 N–H and O–H groups in total. The van der Waals surface area contributed by atoms with Crippen molar-refractivity contribution in [3.05, 3.63) is 71.8 Å². The molecule has 7 nitrogen and oxygen atoms in total. The second kappa shape index (κ2) is 8.09. The van der Waals surface area contributed by atoms with Crippen molar-refractivity contribution in [2.75, 3.05) is 18.4 Å². The highest BCUT2D eigenvalue weighted by Gasteiger charge is 2.18. The van der Waals surface area contributed by atoms with Crippen molar-refractivity contribution < 1.29 is 4.79 Å². The highest BCUT2D eigenvalue weighted by atomic mass is 16.2. The van der Waals surface area contributed by atoms with Crippen LogP contribution in [0, 0.1) is 0 Å². The lowest BCUT2D eigenvalue weighted by Gasteiger charge is -2.22. The van der Waals surface area contributed by atoms with Gasteiger partial charge < -0.3 is 10.6 Å². The molecule has 138 valence electrons. The van der Waals surface area contributed by atoms with Crippen LogP contribution >= 0.6 is 0 Å². The summed E-state index contributed by atoms with van der Waals surface area (Å²) in [5.74, 6) is -0.239. The minimum Gasteiger partial charge on any atom is -0.321 e. The van der Waals surface area contributed by atoms with E-state index < -0.39 is 0 Å². The zero-order valence-electron chi connectivity index (χ0n) is 15.0. The Balaban J connectivity index is 1.37. The van der Waals surface area contributed by atoms with Crippen molar-refractivity contribution in [1.29, 1.82) is 0 Å². The van der Waals surface area contributed by atoms with E-state index in [1.54, 1.807) is 18.6 Å². The lowest BCUT2D eigenvalue weighted by Crippen LogP contribution is -2.29. The van der Waals surface area contributed by atoms with E-state index in [0.29, 0.717) is 11.7 Å². The first kappa shape index (κ1) is 17.4. The standard InChI is InChI=1S/C20H22N6O/c27-20(19-14-26(25-24-19)18-7-11-22-12-8-18)23-17-3-1-15(2-4-17)13-16-5-9-21-10-6-16/h1-6,9-10,14,18,22H,7-8,11-13H2,(H,23,27). The number of hydrogen-bond acceptors (Lipinski definition) is 5. The van der Waals surface area contributed by atoms with E-state index in [1.165, 1.54) is 11.1 Å². The molecule has 27 heavy (non-hydrogen) atoms. The number of benzene rings is 1. The molecule has 0 bridgehead atoms. The van der Waals surface area contributed by atoms with Crippen LogP contribution in [-0.4, -0.2) is 39.0 Å². The van der Waals surface area contributed by atoms with Crippen molar-refractivity contribution in [2.24, 2.45) is 0 Å². The van der Waals surface area contributed by atoms with Crippen molar-refractivity contribution in [3.8, 4) is 0 Å². The monoisotopic (exact) mass is 362 g/mol. The zero-order valence-corrected chi connectivity index (χ0v) is 15.0. The third-order valence-corrected chi connectivity index (χ3v) is 4.80. The molecule has 1 aliphatic heterocycles. The number of hydrogen-bond donors (Lipinski definition) is 2. The summed E-state index contributed by atoms with van der Waals surface area (Å²) in [4.78, 5) is 16.5. The Morgan fingerprint density at radius 1 is 1.07 bits per heavy atom. The Morgan fingerprint density at radius 3 is 2.52 bits per heavy atom.